The normalized spacial score (nSPS) is 13.1. The molecule has 7 aromatic carbocycles. The van der Waals surface area contributed by atoms with Crippen molar-refractivity contribution >= 4 is 78.2 Å². The van der Waals surface area contributed by atoms with Crippen LogP contribution in [0.1, 0.15) is 43.0 Å². The second kappa shape index (κ2) is 12.0. The van der Waals surface area contributed by atoms with E-state index in [0.29, 0.717) is 21.5 Å². The van der Waals surface area contributed by atoms with Crippen LogP contribution in [0.15, 0.2) is 107 Å². The van der Waals surface area contributed by atoms with E-state index in [9.17, 15) is 56.4 Å². The molecule has 0 spiro atoms. The Morgan fingerprint density at radius 3 is 1.06 bits per heavy atom. The Kier molecular flexibility index (Phi) is 7.78. The third-order valence-electron chi connectivity index (χ3n) is 8.72. The van der Waals surface area contributed by atoms with Crippen molar-refractivity contribution in [1.82, 2.24) is 0 Å². The van der Waals surface area contributed by atoms with Gasteiger partial charge < -0.3 is 20.4 Å². The van der Waals surface area contributed by atoms with Gasteiger partial charge >= 0.3 is 24.3 Å². The minimum atomic E-state index is -4.85. The van der Waals surface area contributed by atoms with E-state index in [2.05, 4.69) is 9.98 Å². The lowest BCUT2D eigenvalue weighted by Gasteiger charge is -2.20. The van der Waals surface area contributed by atoms with Crippen molar-refractivity contribution in [2.45, 2.75) is 12.4 Å². The van der Waals surface area contributed by atoms with Gasteiger partial charge in [0, 0.05) is 21.9 Å². The first-order valence-electron chi connectivity index (χ1n) is 15.1. The molecule has 0 aliphatic carbocycles. The molecule has 0 amide bonds. The summed E-state index contributed by atoms with van der Waals surface area (Å²) in [5.41, 5.74) is -4.69. The lowest BCUT2D eigenvalue weighted by molar-refractivity contribution is -0.137. The van der Waals surface area contributed by atoms with Crippen molar-refractivity contribution < 1.29 is 56.4 Å². The smallest absolute Gasteiger partial charge is 0.418 e. The van der Waals surface area contributed by atoms with Gasteiger partial charge in [-0.1, -0.05) is 48.5 Å². The van der Waals surface area contributed by atoms with E-state index in [1.54, 1.807) is 0 Å². The third-order valence-corrected chi connectivity index (χ3v) is 8.72. The highest BCUT2D eigenvalue weighted by molar-refractivity contribution is 6.38. The molecule has 4 N–H and O–H groups in total. The van der Waals surface area contributed by atoms with E-state index >= 15 is 0 Å². The van der Waals surface area contributed by atoms with Crippen molar-refractivity contribution in [3.8, 4) is 0 Å². The van der Waals surface area contributed by atoms with Crippen molar-refractivity contribution in [3.63, 3.8) is 0 Å². The molecule has 0 atom stereocenters. The monoisotopic (exact) mass is 714 g/mol. The van der Waals surface area contributed by atoms with E-state index in [1.165, 1.54) is 60.7 Å². The lowest BCUT2D eigenvalue weighted by Crippen LogP contribution is -2.09. The number of alkyl halides is 6. The van der Waals surface area contributed by atoms with Gasteiger partial charge in [-0.05, 0) is 80.8 Å². The van der Waals surface area contributed by atoms with E-state index in [4.69, 9.17) is 0 Å². The topological polar surface area (TPSA) is 140 Å². The predicted octanol–water partition coefficient (Wildman–Crippen LogP) is 10.4. The first-order valence-corrected chi connectivity index (χ1v) is 15.1. The number of aromatic carboxylic acids is 2. The van der Waals surface area contributed by atoms with Crippen LogP contribution in [0.3, 0.4) is 0 Å². The van der Waals surface area contributed by atoms with Crippen LogP contribution < -0.4 is 0 Å². The number of carbonyl (C=O) groups is 2. The molecule has 7 rings (SSSR count). The molecule has 0 aromatic heterocycles. The fourth-order valence-electron chi connectivity index (χ4n) is 6.59. The SMILES string of the molecule is O=C(O)c1ccc2c3ccc(C(O)=Nc4ccccc4C(F)(F)F)c4c(C(O)=Nc5ccccc5C(F)(F)F)ccc(c5ccc(C(=O)O)c1c25)c43. The number of hydrogen-bond donors (Lipinski definition) is 4. The predicted molar refractivity (Wildman–Crippen MR) is 182 cm³/mol. The molecule has 0 aliphatic rings. The summed E-state index contributed by atoms with van der Waals surface area (Å²) >= 11 is 0. The molecule has 14 heteroatoms. The van der Waals surface area contributed by atoms with Crippen LogP contribution in [-0.4, -0.2) is 44.2 Å². The Hall–Kier alpha value is -6.70. The molecule has 0 saturated carbocycles. The van der Waals surface area contributed by atoms with E-state index < -0.39 is 58.6 Å². The Morgan fingerprint density at radius 2 is 0.731 bits per heavy atom. The molecule has 0 bridgehead atoms. The van der Waals surface area contributed by atoms with Crippen LogP contribution in [0, 0.1) is 0 Å². The molecule has 260 valence electrons. The van der Waals surface area contributed by atoms with Crippen molar-refractivity contribution in [2.24, 2.45) is 9.98 Å². The summed E-state index contributed by atoms with van der Waals surface area (Å²) in [7, 11) is 0. The number of halogens is 6. The van der Waals surface area contributed by atoms with Crippen LogP contribution in [0.5, 0.6) is 0 Å². The summed E-state index contributed by atoms with van der Waals surface area (Å²) in [5.74, 6) is -4.67. The van der Waals surface area contributed by atoms with Crippen LogP contribution in [0.4, 0.5) is 37.7 Å². The first-order chi connectivity index (χ1) is 24.6. The van der Waals surface area contributed by atoms with Crippen LogP contribution in [0.25, 0.3) is 43.1 Å². The highest BCUT2D eigenvalue weighted by Gasteiger charge is 2.35. The van der Waals surface area contributed by atoms with Crippen molar-refractivity contribution in [2.75, 3.05) is 0 Å². The maximum atomic E-state index is 13.9. The van der Waals surface area contributed by atoms with Crippen LogP contribution in [-0.2, 0) is 12.4 Å². The molecule has 0 fully saturated rings. The van der Waals surface area contributed by atoms with Gasteiger partial charge in [-0.15, -0.1) is 0 Å². The number of aliphatic imine (C=N–C) groups is 2. The van der Waals surface area contributed by atoms with E-state index in [-0.39, 0.29) is 43.8 Å². The number of aliphatic hydroxyl groups is 2. The summed E-state index contributed by atoms with van der Waals surface area (Å²) in [4.78, 5) is 32.3. The number of aliphatic hydroxyl groups excluding tert-OH is 2. The van der Waals surface area contributed by atoms with E-state index in [0.717, 1.165) is 36.4 Å². The van der Waals surface area contributed by atoms with Gasteiger partial charge in [0.15, 0.2) is 0 Å². The number of carboxylic acids is 2. The van der Waals surface area contributed by atoms with Gasteiger partial charge in [0.2, 0.25) is 11.8 Å². The van der Waals surface area contributed by atoms with Gasteiger partial charge in [0.25, 0.3) is 0 Å². The second-order valence-electron chi connectivity index (χ2n) is 11.7. The molecular weight excluding hydrogens is 694 g/mol. The largest absolute Gasteiger partial charge is 0.493 e. The van der Waals surface area contributed by atoms with Gasteiger partial charge in [-0.25, -0.2) is 19.6 Å². The number of nitrogens with zero attached hydrogens (tertiary/aromatic N) is 2. The van der Waals surface area contributed by atoms with E-state index in [1.807, 2.05) is 0 Å². The zero-order chi connectivity index (χ0) is 37.3. The van der Waals surface area contributed by atoms with Gasteiger partial charge in [0.05, 0.1) is 33.6 Å². The summed E-state index contributed by atoms with van der Waals surface area (Å²) < 4.78 is 83.2. The summed E-state index contributed by atoms with van der Waals surface area (Å²) in [6, 6.07) is 19.1. The zero-order valence-electron chi connectivity index (χ0n) is 26.0. The Bertz CT molecular complexity index is 2520. The fraction of sp³-hybridized carbons (Fsp3) is 0.0526. The quantitative estimate of drug-likeness (QED) is 0.0444. The molecule has 0 radical (unpaired) electrons. The number of benzene rings is 7. The van der Waals surface area contributed by atoms with Gasteiger partial charge in [-0.3, -0.25) is 0 Å². The summed E-state index contributed by atoms with van der Waals surface area (Å²) in [5, 5.41) is 44.4. The lowest BCUT2D eigenvalue weighted by atomic mass is 9.84. The Labute approximate surface area is 287 Å². The minimum absolute atomic E-state index is 0.0742. The zero-order valence-corrected chi connectivity index (χ0v) is 26.0. The summed E-state index contributed by atoms with van der Waals surface area (Å²) in [6.07, 6.45) is -9.71. The third kappa shape index (κ3) is 5.44. The molecule has 8 nitrogen and oxygen atoms in total. The maximum Gasteiger partial charge on any atom is 0.418 e. The maximum absolute atomic E-state index is 13.9. The van der Waals surface area contributed by atoms with Crippen molar-refractivity contribution in [3.05, 3.63) is 130 Å². The second-order valence-corrected chi connectivity index (χ2v) is 11.7. The Morgan fingerprint density at radius 1 is 0.423 bits per heavy atom. The fourth-order valence-corrected chi connectivity index (χ4v) is 6.59. The summed E-state index contributed by atoms with van der Waals surface area (Å²) in [6.45, 7) is 0. The van der Waals surface area contributed by atoms with Crippen LogP contribution >= 0.6 is 0 Å². The molecule has 0 saturated heterocycles. The molecule has 0 unspecified atom stereocenters. The number of fused-ring (bicyclic) bond motifs is 2. The number of hydrogen-bond acceptors (Lipinski definition) is 4. The average Bonchev–Trinajstić information content (AvgIpc) is 3.09. The standard InChI is InChI=1S/C38H20F6N2O6/c39-37(40,41)25-5-1-3-7-27(25)45-33(47)21-13-9-17-19-11-15-23(35(49)50)32-24(36(51)52)16-12-20(30(19)32)18-10-14-22(31(21)29(17)18)34(48)46-28-8-4-2-6-26(28)38(42,43)44/h1-16H,(H,45,47)(H,46,48)(H,49,50)(H,51,52). The molecule has 0 heterocycles. The Balaban J connectivity index is 1.63. The van der Waals surface area contributed by atoms with Crippen LogP contribution in [0.2, 0.25) is 0 Å². The minimum Gasteiger partial charge on any atom is -0.493 e. The molecule has 52 heavy (non-hydrogen) atoms. The number of carboxylic acid groups (broad SMARTS) is 2. The van der Waals surface area contributed by atoms with Crippen molar-refractivity contribution in [1.29, 1.82) is 0 Å². The number of rotatable bonds is 6. The highest BCUT2D eigenvalue weighted by atomic mass is 19.4. The van der Waals surface area contributed by atoms with Gasteiger partial charge in [-0.2, -0.15) is 26.3 Å². The molecule has 0 aliphatic heterocycles. The molecule has 7 aromatic rings. The van der Waals surface area contributed by atoms with Gasteiger partial charge in [0.1, 0.15) is 0 Å². The first kappa shape index (κ1) is 33.8. The average molecular weight is 715 g/mol. The number of para-hydroxylation sites is 2. The highest BCUT2D eigenvalue weighted by Crippen LogP contribution is 2.45. The molecular formula is C38H20F6N2O6.